The lowest BCUT2D eigenvalue weighted by atomic mass is 9.94. The van der Waals surface area contributed by atoms with Crippen LogP contribution in [-0.4, -0.2) is 15.9 Å². The number of alkyl halides is 1. The fourth-order valence-corrected chi connectivity index (χ4v) is 4.14. The SMILES string of the molecule is CC1Cc2ccccc2N(c2nc3sccn3c2CCl)C1. The van der Waals surface area contributed by atoms with Gasteiger partial charge in [0.05, 0.1) is 11.6 Å². The minimum Gasteiger partial charge on any atom is -0.324 e. The van der Waals surface area contributed by atoms with Crippen LogP contribution in [0.25, 0.3) is 4.96 Å². The van der Waals surface area contributed by atoms with E-state index in [4.69, 9.17) is 16.6 Å². The topological polar surface area (TPSA) is 20.5 Å². The normalized spacial score (nSPS) is 18.2. The standard InChI is InChI=1S/C16H16ClN3S/c1-11-8-12-4-2-3-5-13(12)20(10-11)15-14(9-17)19-6-7-21-16(19)18-15/h2-7,11H,8-10H2,1H3. The van der Waals surface area contributed by atoms with Gasteiger partial charge in [0.25, 0.3) is 0 Å². The molecule has 0 saturated heterocycles. The van der Waals surface area contributed by atoms with Crippen LogP contribution >= 0.6 is 22.9 Å². The number of nitrogens with zero attached hydrogens (tertiary/aromatic N) is 3. The summed E-state index contributed by atoms with van der Waals surface area (Å²) in [5.74, 6) is 2.10. The molecule has 3 nitrogen and oxygen atoms in total. The molecule has 1 aliphatic heterocycles. The van der Waals surface area contributed by atoms with E-state index < -0.39 is 0 Å². The molecule has 0 saturated carbocycles. The summed E-state index contributed by atoms with van der Waals surface area (Å²) in [6.07, 6.45) is 3.18. The number of aromatic nitrogens is 2. The number of hydrogen-bond acceptors (Lipinski definition) is 3. The van der Waals surface area contributed by atoms with Crippen molar-refractivity contribution in [1.82, 2.24) is 9.38 Å². The van der Waals surface area contributed by atoms with Crippen LogP contribution in [0, 0.1) is 5.92 Å². The van der Waals surface area contributed by atoms with Gasteiger partial charge >= 0.3 is 0 Å². The Hall–Kier alpha value is -1.52. The fraction of sp³-hybridized carbons (Fsp3) is 0.312. The minimum absolute atomic E-state index is 0.473. The van der Waals surface area contributed by atoms with Crippen molar-refractivity contribution in [3.63, 3.8) is 0 Å². The number of benzene rings is 1. The zero-order valence-electron chi connectivity index (χ0n) is 11.8. The molecule has 1 aliphatic rings. The van der Waals surface area contributed by atoms with Gasteiger partial charge in [-0.15, -0.1) is 22.9 Å². The second-order valence-corrected chi connectivity index (χ2v) is 6.76. The fourth-order valence-electron chi connectivity index (χ4n) is 3.16. The van der Waals surface area contributed by atoms with E-state index in [1.807, 2.05) is 6.20 Å². The van der Waals surface area contributed by atoms with E-state index in [0.29, 0.717) is 11.8 Å². The lowest BCUT2D eigenvalue weighted by Gasteiger charge is -2.33. The maximum absolute atomic E-state index is 6.21. The monoisotopic (exact) mass is 317 g/mol. The van der Waals surface area contributed by atoms with E-state index >= 15 is 0 Å². The van der Waals surface area contributed by atoms with Crippen molar-refractivity contribution in [2.45, 2.75) is 19.2 Å². The van der Waals surface area contributed by atoms with Gasteiger partial charge in [-0.1, -0.05) is 25.1 Å². The lowest BCUT2D eigenvalue weighted by molar-refractivity contribution is 0.560. The Bertz CT molecular complexity index is 792. The summed E-state index contributed by atoms with van der Waals surface area (Å²) in [4.78, 5) is 8.17. The highest BCUT2D eigenvalue weighted by Crippen LogP contribution is 2.37. The minimum atomic E-state index is 0.473. The number of halogens is 1. The predicted octanol–water partition coefficient (Wildman–Crippen LogP) is 4.46. The summed E-state index contributed by atoms with van der Waals surface area (Å²) in [6.45, 7) is 3.29. The number of anilines is 2. The van der Waals surface area contributed by atoms with Crippen molar-refractivity contribution in [1.29, 1.82) is 0 Å². The van der Waals surface area contributed by atoms with E-state index in [-0.39, 0.29) is 0 Å². The zero-order valence-corrected chi connectivity index (χ0v) is 13.4. The van der Waals surface area contributed by atoms with Gasteiger partial charge in [-0.05, 0) is 24.0 Å². The molecule has 1 unspecified atom stereocenters. The van der Waals surface area contributed by atoms with E-state index in [1.54, 1.807) is 11.3 Å². The third kappa shape index (κ3) is 2.05. The van der Waals surface area contributed by atoms with Crippen molar-refractivity contribution in [2.24, 2.45) is 5.92 Å². The first-order valence-electron chi connectivity index (χ1n) is 7.13. The second kappa shape index (κ2) is 5.04. The number of imidazole rings is 1. The third-order valence-electron chi connectivity index (χ3n) is 4.07. The second-order valence-electron chi connectivity index (χ2n) is 5.62. The average Bonchev–Trinajstić information content (AvgIpc) is 3.06. The molecular formula is C16H16ClN3S. The van der Waals surface area contributed by atoms with E-state index in [2.05, 4.69) is 45.9 Å². The van der Waals surface area contributed by atoms with Crippen molar-refractivity contribution in [3.05, 3.63) is 47.1 Å². The molecule has 0 spiro atoms. The quantitative estimate of drug-likeness (QED) is 0.650. The number of rotatable bonds is 2. The van der Waals surface area contributed by atoms with E-state index in [0.717, 1.165) is 29.4 Å². The molecule has 0 aliphatic carbocycles. The molecule has 0 amide bonds. The van der Waals surface area contributed by atoms with Gasteiger partial charge in [0.2, 0.25) is 0 Å². The lowest BCUT2D eigenvalue weighted by Crippen LogP contribution is -2.31. The van der Waals surface area contributed by atoms with Crippen LogP contribution in [0.3, 0.4) is 0 Å². The van der Waals surface area contributed by atoms with E-state index in [9.17, 15) is 0 Å². The van der Waals surface area contributed by atoms with Crippen LogP contribution in [0.4, 0.5) is 11.5 Å². The van der Waals surface area contributed by atoms with Crippen LogP contribution in [0.2, 0.25) is 0 Å². The highest BCUT2D eigenvalue weighted by molar-refractivity contribution is 7.15. The summed E-state index contributed by atoms with van der Waals surface area (Å²) >= 11 is 7.86. The maximum atomic E-state index is 6.21. The molecule has 2 aromatic heterocycles. The van der Waals surface area contributed by atoms with Crippen molar-refractivity contribution < 1.29 is 0 Å². The van der Waals surface area contributed by atoms with Gasteiger partial charge in [-0.2, -0.15) is 0 Å². The summed E-state index contributed by atoms with van der Waals surface area (Å²) in [5.41, 5.74) is 3.75. The molecule has 5 heteroatoms. The molecule has 0 bridgehead atoms. The highest BCUT2D eigenvalue weighted by atomic mass is 35.5. The number of para-hydroxylation sites is 1. The predicted molar refractivity (Wildman–Crippen MR) is 88.9 cm³/mol. The van der Waals surface area contributed by atoms with Crippen LogP contribution in [0.15, 0.2) is 35.8 Å². The first kappa shape index (κ1) is 13.2. The van der Waals surface area contributed by atoms with E-state index in [1.165, 1.54) is 11.3 Å². The summed E-state index contributed by atoms with van der Waals surface area (Å²) in [7, 11) is 0. The molecule has 3 aromatic rings. The number of hydrogen-bond donors (Lipinski definition) is 0. The zero-order chi connectivity index (χ0) is 14.4. The molecule has 1 atom stereocenters. The summed E-state index contributed by atoms with van der Waals surface area (Å²) in [6, 6.07) is 8.62. The Balaban J connectivity index is 1.90. The Kier molecular flexibility index (Phi) is 3.16. The van der Waals surface area contributed by atoms with Gasteiger partial charge in [0, 0.05) is 23.8 Å². The summed E-state index contributed by atoms with van der Waals surface area (Å²) < 4.78 is 2.11. The first-order chi connectivity index (χ1) is 10.3. The van der Waals surface area contributed by atoms with Gasteiger partial charge < -0.3 is 4.90 Å². The molecule has 3 heterocycles. The Morgan fingerprint density at radius 3 is 3.10 bits per heavy atom. The molecule has 108 valence electrons. The largest absolute Gasteiger partial charge is 0.324 e. The van der Waals surface area contributed by atoms with Gasteiger partial charge in [0.15, 0.2) is 10.8 Å². The Morgan fingerprint density at radius 1 is 1.38 bits per heavy atom. The molecule has 21 heavy (non-hydrogen) atoms. The molecular weight excluding hydrogens is 302 g/mol. The molecule has 4 rings (SSSR count). The third-order valence-corrected chi connectivity index (χ3v) is 5.08. The van der Waals surface area contributed by atoms with Crippen LogP contribution in [0.1, 0.15) is 18.2 Å². The van der Waals surface area contributed by atoms with Crippen molar-refractivity contribution >= 4 is 39.4 Å². The summed E-state index contributed by atoms with van der Waals surface area (Å²) in [5, 5.41) is 2.05. The highest BCUT2D eigenvalue weighted by Gasteiger charge is 2.27. The number of thiazole rings is 1. The van der Waals surface area contributed by atoms with Gasteiger partial charge in [0.1, 0.15) is 0 Å². The van der Waals surface area contributed by atoms with Gasteiger partial charge in [-0.3, -0.25) is 4.40 Å². The van der Waals surface area contributed by atoms with Crippen LogP contribution in [0.5, 0.6) is 0 Å². The molecule has 0 fully saturated rings. The van der Waals surface area contributed by atoms with Crippen molar-refractivity contribution in [3.8, 4) is 0 Å². The molecule has 0 radical (unpaired) electrons. The molecule has 1 aromatic carbocycles. The maximum Gasteiger partial charge on any atom is 0.195 e. The van der Waals surface area contributed by atoms with Crippen LogP contribution in [-0.2, 0) is 12.3 Å². The Morgan fingerprint density at radius 2 is 2.24 bits per heavy atom. The van der Waals surface area contributed by atoms with Gasteiger partial charge in [-0.25, -0.2) is 4.98 Å². The van der Waals surface area contributed by atoms with Crippen molar-refractivity contribution in [2.75, 3.05) is 11.4 Å². The molecule has 0 N–H and O–H groups in total. The first-order valence-corrected chi connectivity index (χ1v) is 8.55. The Labute approximate surface area is 132 Å². The number of fused-ring (bicyclic) bond motifs is 2. The van der Waals surface area contributed by atoms with Crippen LogP contribution < -0.4 is 4.90 Å². The smallest absolute Gasteiger partial charge is 0.195 e. The average molecular weight is 318 g/mol.